The fourth-order valence-corrected chi connectivity index (χ4v) is 4.04. The van der Waals surface area contributed by atoms with Crippen LogP contribution in [0, 0.1) is 0 Å². The minimum atomic E-state index is -0.0291. The summed E-state index contributed by atoms with van der Waals surface area (Å²) < 4.78 is 0. The van der Waals surface area contributed by atoms with Gasteiger partial charge in [0.05, 0.1) is 0 Å². The van der Waals surface area contributed by atoms with E-state index in [1.807, 2.05) is 24.3 Å². The zero-order valence-corrected chi connectivity index (χ0v) is 18.9. The van der Waals surface area contributed by atoms with Gasteiger partial charge in [0.2, 0.25) is 0 Å². The van der Waals surface area contributed by atoms with Crippen molar-refractivity contribution in [2.24, 2.45) is 0 Å². The van der Waals surface area contributed by atoms with Crippen molar-refractivity contribution in [2.75, 3.05) is 44.7 Å². The van der Waals surface area contributed by atoms with Gasteiger partial charge in [-0.1, -0.05) is 24.3 Å². The van der Waals surface area contributed by atoms with E-state index >= 15 is 0 Å². The van der Waals surface area contributed by atoms with Crippen molar-refractivity contribution in [1.29, 1.82) is 0 Å². The van der Waals surface area contributed by atoms with Crippen molar-refractivity contribution in [3.63, 3.8) is 0 Å². The fraction of sp³-hybridized carbons (Fsp3) is 0.480. The zero-order chi connectivity index (χ0) is 21.5. The molecule has 0 radical (unpaired) electrons. The van der Waals surface area contributed by atoms with Gasteiger partial charge in [-0.25, -0.2) is 0 Å². The third kappa shape index (κ3) is 6.07. The van der Waals surface area contributed by atoms with Crippen LogP contribution in [0.15, 0.2) is 48.5 Å². The molecular formula is C25H36N4O. The summed E-state index contributed by atoms with van der Waals surface area (Å²) in [5, 5.41) is 3.06. The van der Waals surface area contributed by atoms with Crippen LogP contribution in [0.25, 0.3) is 0 Å². The summed E-state index contributed by atoms with van der Waals surface area (Å²) in [6, 6.07) is 16.9. The largest absolute Gasteiger partial charge is 0.369 e. The molecule has 0 spiro atoms. The Kier molecular flexibility index (Phi) is 7.88. The van der Waals surface area contributed by atoms with Gasteiger partial charge in [0.25, 0.3) is 5.91 Å². The Morgan fingerprint density at radius 1 is 1.03 bits per heavy atom. The van der Waals surface area contributed by atoms with E-state index in [1.54, 1.807) is 0 Å². The van der Waals surface area contributed by atoms with E-state index in [2.05, 4.69) is 72.1 Å². The zero-order valence-electron chi connectivity index (χ0n) is 18.9. The molecule has 30 heavy (non-hydrogen) atoms. The van der Waals surface area contributed by atoms with Crippen LogP contribution in [0.1, 0.15) is 42.3 Å². The van der Waals surface area contributed by atoms with E-state index in [4.69, 9.17) is 0 Å². The molecule has 162 valence electrons. The van der Waals surface area contributed by atoms with Gasteiger partial charge in [0.15, 0.2) is 0 Å². The van der Waals surface area contributed by atoms with Crippen molar-refractivity contribution in [2.45, 2.75) is 39.9 Å². The quantitative estimate of drug-likeness (QED) is 0.724. The third-order valence-corrected chi connectivity index (χ3v) is 5.87. The molecule has 1 fully saturated rings. The number of piperazine rings is 1. The highest BCUT2D eigenvalue weighted by atomic mass is 16.1. The van der Waals surface area contributed by atoms with Crippen molar-refractivity contribution in [3.8, 4) is 0 Å². The highest BCUT2D eigenvalue weighted by Gasteiger charge is 2.14. The maximum absolute atomic E-state index is 12.6. The van der Waals surface area contributed by atoms with Crippen molar-refractivity contribution in [1.82, 2.24) is 15.1 Å². The maximum atomic E-state index is 12.6. The number of likely N-dealkylation sites (N-methyl/N-ethyl adjacent to an activating group) is 1. The van der Waals surface area contributed by atoms with Crippen molar-refractivity contribution in [3.05, 3.63) is 65.2 Å². The van der Waals surface area contributed by atoms with Crippen LogP contribution in [-0.2, 0) is 13.1 Å². The summed E-state index contributed by atoms with van der Waals surface area (Å²) >= 11 is 0. The highest BCUT2D eigenvalue weighted by Crippen LogP contribution is 2.18. The Balaban J connectivity index is 1.54. The Morgan fingerprint density at radius 2 is 1.70 bits per heavy atom. The van der Waals surface area contributed by atoms with Crippen LogP contribution in [0.4, 0.5) is 5.69 Å². The molecule has 0 saturated carbocycles. The fourth-order valence-electron chi connectivity index (χ4n) is 4.04. The molecule has 5 nitrogen and oxygen atoms in total. The molecule has 0 bridgehead atoms. The van der Waals surface area contributed by atoms with Gasteiger partial charge in [-0.2, -0.15) is 0 Å². The average Bonchev–Trinajstić information content (AvgIpc) is 2.75. The monoisotopic (exact) mass is 408 g/mol. The second kappa shape index (κ2) is 10.6. The van der Waals surface area contributed by atoms with Crippen LogP contribution in [-0.4, -0.2) is 61.5 Å². The molecule has 2 aromatic carbocycles. The third-order valence-electron chi connectivity index (χ3n) is 5.87. The number of nitrogens with one attached hydrogen (secondary N) is 1. The van der Waals surface area contributed by atoms with Crippen LogP contribution < -0.4 is 10.2 Å². The Hall–Kier alpha value is -2.37. The van der Waals surface area contributed by atoms with Crippen molar-refractivity contribution < 1.29 is 4.79 Å². The molecule has 2 aromatic rings. The summed E-state index contributed by atoms with van der Waals surface area (Å²) in [6.45, 7) is 13.5. The highest BCUT2D eigenvalue weighted by molar-refractivity contribution is 5.94. The van der Waals surface area contributed by atoms with Gasteiger partial charge in [-0.05, 0) is 63.2 Å². The molecule has 1 aliphatic rings. The molecular weight excluding hydrogens is 372 g/mol. The molecule has 1 N–H and O–H groups in total. The first-order valence-corrected chi connectivity index (χ1v) is 11.1. The van der Waals surface area contributed by atoms with Gasteiger partial charge in [0.1, 0.15) is 0 Å². The minimum Gasteiger partial charge on any atom is -0.369 e. The molecule has 1 aliphatic heterocycles. The van der Waals surface area contributed by atoms with Crippen LogP contribution in [0.3, 0.4) is 0 Å². The number of nitrogens with zero attached hydrogens (tertiary/aromatic N) is 3. The average molecular weight is 409 g/mol. The molecule has 0 aliphatic carbocycles. The summed E-state index contributed by atoms with van der Waals surface area (Å²) in [7, 11) is 2.18. The van der Waals surface area contributed by atoms with Gasteiger partial charge in [-0.15, -0.1) is 0 Å². The van der Waals surface area contributed by atoms with Crippen molar-refractivity contribution >= 4 is 11.6 Å². The predicted molar refractivity (Wildman–Crippen MR) is 125 cm³/mol. The van der Waals surface area contributed by atoms with Crippen LogP contribution in [0.2, 0.25) is 0 Å². The second-order valence-electron chi connectivity index (χ2n) is 8.51. The first kappa shape index (κ1) is 22.3. The number of hydrogen-bond acceptors (Lipinski definition) is 4. The molecule has 1 saturated heterocycles. The Morgan fingerprint density at radius 3 is 2.33 bits per heavy atom. The molecule has 1 heterocycles. The van der Waals surface area contributed by atoms with E-state index in [0.29, 0.717) is 18.2 Å². The number of amides is 1. The smallest absolute Gasteiger partial charge is 0.251 e. The molecule has 0 aromatic heterocycles. The molecule has 3 rings (SSSR count). The van der Waals surface area contributed by atoms with E-state index in [-0.39, 0.29) is 5.91 Å². The number of rotatable bonds is 8. The van der Waals surface area contributed by atoms with Crippen LogP contribution in [0.5, 0.6) is 0 Å². The Labute approximate surface area is 181 Å². The topological polar surface area (TPSA) is 38.8 Å². The number of carbonyl (C=O) groups is 1. The van der Waals surface area contributed by atoms with E-state index in [9.17, 15) is 4.79 Å². The van der Waals surface area contributed by atoms with E-state index in [1.165, 1.54) is 5.56 Å². The number of benzene rings is 2. The summed E-state index contributed by atoms with van der Waals surface area (Å²) in [5.41, 5.74) is 4.31. The molecule has 0 unspecified atom stereocenters. The summed E-state index contributed by atoms with van der Waals surface area (Å²) in [5.74, 6) is -0.0291. The second-order valence-corrected chi connectivity index (χ2v) is 8.51. The summed E-state index contributed by atoms with van der Waals surface area (Å²) in [6.07, 6.45) is 0. The maximum Gasteiger partial charge on any atom is 0.251 e. The van der Waals surface area contributed by atoms with Gasteiger partial charge in [0, 0.05) is 63.1 Å². The van der Waals surface area contributed by atoms with Gasteiger partial charge >= 0.3 is 0 Å². The number of anilines is 1. The number of hydrogen-bond donors (Lipinski definition) is 1. The molecule has 5 heteroatoms. The van der Waals surface area contributed by atoms with Gasteiger partial charge < -0.3 is 15.1 Å². The summed E-state index contributed by atoms with van der Waals surface area (Å²) in [4.78, 5) is 19.8. The van der Waals surface area contributed by atoms with E-state index in [0.717, 1.165) is 50.5 Å². The SMILES string of the molecule is CCN(c1ccc(C(=O)NCc2cccc(CN3CCN(C)CC3)c2)cc1)C(C)C. The van der Waals surface area contributed by atoms with E-state index < -0.39 is 0 Å². The van der Waals surface area contributed by atoms with Gasteiger partial charge in [-0.3, -0.25) is 9.69 Å². The lowest BCUT2D eigenvalue weighted by atomic mass is 10.1. The number of carbonyl (C=O) groups excluding carboxylic acids is 1. The lowest BCUT2D eigenvalue weighted by Gasteiger charge is -2.32. The molecule has 0 atom stereocenters. The molecule has 1 amide bonds. The predicted octanol–water partition coefficient (Wildman–Crippen LogP) is 3.60. The normalized spacial score (nSPS) is 15.4. The first-order chi connectivity index (χ1) is 14.5. The van der Waals surface area contributed by atoms with Crippen LogP contribution >= 0.6 is 0 Å². The standard InChI is InChI=1S/C25H36N4O/c1-5-29(20(2)3)24-11-9-23(10-12-24)25(30)26-18-21-7-6-8-22(17-21)19-28-15-13-27(4)14-16-28/h6-12,17,20H,5,13-16,18-19H2,1-4H3,(H,26,30). The lowest BCUT2D eigenvalue weighted by molar-refractivity contribution is 0.0951. The lowest BCUT2D eigenvalue weighted by Crippen LogP contribution is -2.43. The minimum absolute atomic E-state index is 0.0291. The Bertz CT molecular complexity index is 810. The first-order valence-electron chi connectivity index (χ1n) is 11.1.